The molecule has 1 aromatic rings. The summed E-state index contributed by atoms with van der Waals surface area (Å²) in [4.78, 5) is 23.5. The lowest BCUT2D eigenvalue weighted by molar-refractivity contribution is -0.138. The van der Waals surface area contributed by atoms with Gasteiger partial charge in [0.05, 0.1) is 20.2 Å². The van der Waals surface area contributed by atoms with Crippen LogP contribution in [0.2, 0.25) is 0 Å². The number of ether oxygens (including phenoxy) is 1. The van der Waals surface area contributed by atoms with Crippen LogP contribution in [0.25, 0.3) is 0 Å². The van der Waals surface area contributed by atoms with Gasteiger partial charge in [0.15, 0.2) is 0 Å². The molecule has 0 bridgehead atoms. The van der Waals surface area contributed by atoms with Crippen molar-refractivity contribution in [1.82, 2.24) is 4.90 Å². The van der Waals surface area contributed by atoms with Crippen molar-refractivity contribution in [3.8, 4) is 5.75 Å². The van der Waals surface area contributed by atoms with Crippen molar-refractivity contribution in [2.45, 2.75) is 0 Å². The van der Waals surface area contributed by atoms with Crippen LogP contribution in [0, 0.1) is 0 Å². The maximum atomic E-state index is 11.6. The summed E-state index contributed by atoms with van der Waals surface area (Å²) in [5.74, 6) is -0.592. The molecule has 0 spiro atoms. The predicted molar refractivity (Wildman–Crippen MR) is 66.8 cm³/mol. The molecule has 6 nitrogen and oxygen atoms in total. The van der Waals surface area contributed by atoms with E-state index in [0.717, 1.165) is 0 Å². The van der Waals surface area contributed by atoms with E-state index in [-0.39, 0.29) is 19.0 Å². The van der Waals surface area contributed by atoms with Gasteiger partial charge in [-0.05, 0) is 19.2 Å². The first kappa shape index (κ1) is 14.0. The number of likely N-dealkylation sites (N-methyl/N-ethyl adjacent to an activating group) is 1. The summed E-state index contributed by atoms with van der Waals surface area (Å²) in [5.41, 5.74) is 0.614. The lowest BCUT2D eigenvalue weighted by atomic mass is 10.3. The van der Waals surface area contributed by atoms with Gasteiger partial charge in [-0.15, -0.1) is 0 Å². The average Bonchev–Trinajstić information content (AvgIpc) is 2.27. The molecule has 98 valence electrons. The first-order valence-electron chi connectivity index (χ1n) is 5.35. The van der Waals surface area contributed by atoms with E-state index in [9.17, 15) is 9.59 Å². The van der Waals surface area contributed by atoms with E-state index in [1.165, 1.54) is 4.90 Å². The Morgan fingerprint density at radius 3 is 2.72 bits per heavy atom. The highest BCUT2D eigenvalue weighted by Gasteiger charge is 2.09. The number of anilines is 1. The number of nitrogens with one attached hydrogen (secondary N) is 1. The van der Waals surface area contributed by atoms with Crippen molar-refractivity contribution in [1.29, 1.82) is 0 Å². The third-order valence-electron chi connectivity index (χ3n) is 2.17. The molecular weight excluding hydrogens is 236 g/mol. The van der Waals surface area contributed by atoms with E-state index >= 15 is 0 Å². The summed E-state index contributed by atoms with van der Waals surface area (Å²) in [6.07, 6.45) is 0. The molecule has 0 aliphatic carbocycles. The second kappa shape index (κ2) is 6.61. The van der Waals surface area contributed by atoms with Crippen molar-refractivity contribution in [3.05, 3.63) is 24.3 Å². The molecule has 1 rings (SSSR count). The second-order valence-electron chi connectivity index (χ2n) is 3.85. The molecule has 0 aliphatic rings. The van der Waals surface area contributed by atoms with Crippen molar-refractivity contribution in [2.75, 3.05) is 32.6 Å². The van der Waals surface area contributed by atoms with Gasteiger partial charge in [-0.3, -0.25) is 14.5 Å². The minimum absolute atomic E-state index is 0.0174. The maximum Gasteiger partial charge on any atom is 0.317 e. The zero-order valence-electron chi connectivity index (χ0n) is 10.3. The fourth-order valence-corrected chi connectivity index (χ4v) is 1.43. The summed E-state index contributed by atoms with van der Waals surface area (Å²) >= 11 is 0. The van der Waals surface area contributed by atoms with Crippen molar-refractivity contribution >= 4 is 17.6 Å². The number of hydrogen-bond donors (Lipinski definition) is 2. The predicted octanol–water partition coefficient (Wildman–Crippen LogP) is 0.650. The third kappa shape index (κ3) is 4.84. The Morgan fingerprint density at radius 1 is 1.39 bits per heavy atom. The SMILES string of the molecule is COc1cccc(NC(=O)CN(C)CC(=O)O)c1. The Labute approximate surface area is 105 Å². The van der Waals surface area contributed by atoms with Gasteiger partial charge in [0.25, 0.3) is 0 Å². The average molecular weight is 252 g/mol. The largest absolute Gasteiger partial charge is 0.497 e. The number of methoxy groups -OCH3 is 1. The molecule has 1 amide bonds. The van der Waals surface area contributed by atoms with Crippen LogP contribution >= 0.6 is 0 Å². The standard InChI is InChI=1S/C12H16N2O4/c1-14(8-12(16)17)7-11(15)13-9-4-3-5-10(6-9)18-2/h3-6H,7-8H2,1-2H3,(H,13,15)(H,16,17). The molecule has 0 aliphatic heterocycles. The van der Waals surface area contributed by atoms with Crippen molar-refractivity contribution in [3.63, 3.8) is 0 Å². The van der Waals surface area contributed by atoms with Gasteiger partial charge in [-0.1, -0.05) is 6.07 Å². The Morgan fingerprint density at radius 2 is 2.11 bits per heavy atom. The zero-order chi connectivity index (χ0) is 13.5. The number of aliphatic carboxylic acids is 1. The molecule has 0 atom stereocenters. The molecule has 0 heterocycles. The summed E-state index contributed by atoms with van der Waals surface area (Å²) in [5, 5.41) is 11.2. The number of benzene rings is 1. The molecular formula is C12H16N2O4. The zero-order valence-corrected chi connectivity index (χ0v) is 10.3. The molecule has 0 fully saturated rings. The molecule has 18 heavy (non-hydrogen) atoms. The highest BCUT2D eigenvalue weighted by Crippen LogP contribution is 2.16. The van der Waals surface area contributed by atoms with Crippen LogP contribution in [-0.2, 0) is 9.59 Å². The fourth-order valence-electron chi connectivity index (χ4n) is 1.43. The number of carbonyl (C=O) groups excluding carboxylic acids is 1. The van der Waals surface area contributed by atoms with Crippen LogP contribution < -0.4 is 10.1 Å². The molecule has 0 unspecified atom stereocenters. The normalized spacial score (nSPS) is 10.2. The third-order valence-corrected chi connectivity index (χ3v) is 2.17. The highest BCUT2D eigenvalue weighted by atomic mass is 16.5. The number of rotatable bonds is 6. The maximum absolute atomic E-state index is 11.6. The first-order valence-corrected chi connectivity index (χ1v) is 5.35. The Hall–Kier alpha value is -2.08. The Kier molecular flexibility index (Phi) is 5.13. The summed E-state index contributed by atoms with van der Waals surface area (Å²) < 4.78 is 5.03. The van der Waals surface area contributed by atoms with Crippen LogP contribution in [0.5, 0.6) is 5.75 Å². The molecule has 1 aromatic carbocycles. The molecule has 0 saturated carbocycles. The van der Waals surface area contributed by atoms with Gasteiger partial charge in [-0.2, -0.15) is 0 Å². The van der Waals surface area contributed by atoms with Crippen LogP contribution in [-0.4, -0.2) is 49.1 Å². The van der Waals surface area contributed by atoms with Gasteiger partial charge in [0.2, 0.25) is 5.91 Å². The van der Waals surface area contributed by atoms with E-state index in [2.05, 4.69) is 5.32 Å². The number of carboxylic acids is 1. The van der Waals surface area contributed by atoms with Gasteiger partial charge >= 0.3 is 5.97 Å². The smallest absolute Gasteiger partial charge is 0.317 e. The molecule has 0 aromatic heterocycles. The van der Waals surface area contributed by atoms with Crippen LogP contribution in [0.15, 0.2) is 24.3 Å². The lowest BCUT2D eigenvalue weighted by Crippen LogP contribution is -2.33. The Bertz CT molecular complexity index is 434. The summed E-state index contributed by atoms with van der Waals surface area (Å²) in [6, 6.07) is 6.95. The number of hydrogen-bond acceptors (Lipinski definition) is 4. The number of amides is 1. The topological polar surface area (TPSA) is 78.9 Å². The number of carbonyl (C=O) groups is 2. The number of nitrogens with zero attached hydrogens (tertiary/aromatic N) is 1. The molecule has 0 saturated heterocycles. The van der Waals surface area contributed by atoms with Crippen LogP contribution in [0.4, 0.5) is 5.69 Å². The van der Waals surface area contributed by atoms with Gasteiger partial charge in [0.1, 0.15) is 5.75 Å². The van der Waals surface area contributed by atoms with Crippen molar-refractivity contribution in [2.24, 2.45) is 0 Å². The summed E-state index contributed by atoms with van der Waals surface area (Å²) in [7, 11) is 3.11. The second-order valence-corrected chi connectivity index (χ2v) is 3.85. The van der Waals surface area contributed by atoms with Gasteiger partial charge < -0.3 is 15.2 Å². The fraction of sp³-hybridized carbons (Fsp3) is 0.333. The van der Waals surface area contributed by atoms with E-state index < -0.39 is 5.97 Å². The summed E-state index contributed by atoms with van der Waals surface area (Å²) in [6.45, 7) is -0.158. The van der Waals surface area contributed by atoms with E-state index in [1.54, 1.807) is 38.4 Å². The highest BCUT2D eigenvalue weighted by molar-refractivity contribution is 5.92. The molecule has 0 radical (unpaired) electrons. The minimum Gasteiger partial charge on any atom is -0.497 e. The Balaban J connectivity index is 2.51. The molecule has 2 N–H and O–H groups in total. The van der Waals surface area contributed by atoms with E-state index in [4.69, 9.17) is 9.84 Å². The first-order chi connectivity index (χ1) is 8.51. The van der Waals surface area contributed by atoms with Crippen LogP contribution in [0.1, 0.15) is 0 Å². The molecule has 6 heteroatoms. The van der Waals surface area contributed by atoms with E-state index in [0.29, 0.717) is 11.4 Å². The van der Waals surface area contributed by atoms with E-state index in [1.807, 2.05) is 0 Å². The van der Waals surface area contributed by atoms with Crippen LogP contribution in [0.3, 0.4) is 0 Å². The lowest BCUT2D eigenvalue weighted by Gasteiger charge is -2.13. The monoisotopic (exact) mass is 252 g/mol. The van der Waals surface area contributed by atoms with Gasteiger partial charge in [-0.25, -0.2) is 0 Å². The number of carboxylic acid groups (broad SMARTS) is 1. The van der Waals surface area contributed by atoms with Gasteiger partial charge in [0, 0.05) is 11.8 Å². The quantitative estimate of drug-likeness (QED) is 0.777. The van der Waals surface area contributed by atoms with Crippen molar-refractivity contribution < 1.29 is 19.4 Å². The minimum atomic E-state index is -0.966.